The van der Waals surface area contributed by atoms with Crippen LogP contribution in [0.25, 0.3) is 11.2 Å². The average Bonchev–Trinajstić information content (AvgIpc) is 3.26. The minimum atomic E-state index is -0.847. The molecule has 2 saturated carbocycles. The number of nitrogens with one attached hydrogen (secondary N) is 1. The van der Waals surface area contributed by atoms with Crippen molar-refractivity contribution in [2.24, 2.45) is 0 Å². The van der Waals surface area contributed by atoms with Crippen LogP contribution in [0.4, 0.5) is 14.6 Å². The number of fused-ring (bicyclic) bond motifs is 1. The lowest BCUT2D eigenvalue weighted by atomic mass is 10.1. The molecule has 0 spiro atoms. The van der Waals surface area contributed by atoms with E-state index in [0.29, 0.717) is 28.6 Å². The molecule has 2 aromatic heterocycles. The standard InChI is InChI=1S/C24H28F2N6O3S/c1-3-8-36-24-28-22(27-19-11-16(19)13-4-7-17(25)18(26)9-13)21-23(29-24)32(31-30-21)14-5-6-15(10-14)35-12-20(33)34-2/h4,7,9,14-16,19H,3,5-6,8,10-12H2,1-2H3,(H,27,28,29)/t14?,15?,16?,19-/m1/s1. The highest BCUT2D eigenvalue weighted by molar-refractivity contribution is 7.99. The number of hydrogen-bond acceptors (Lipinski definition) is 9. The average molecular weight is 519 g/mol. The zero-order valence-electron chi connectivity index (χ0n) is 20.1. The highest BCUT2D eigenvalue weighted by Gasteiger charge is 2.40. The van der Waals surface area contributed by atoms with E-state index in [1.807, 2.05) is 4.68 Å². The molecule has 4 atom stereocenters. The van der Waals surface area contributed by atoms with Crippen LogP contribution < -0.4 is 5.32 Å². The van der Waals surface area contributed by atoms with E-state index in [4.69, 9.17) is 14.7 Å². The molecule has 0 aliphatic heterocycles. The van der Waals surface area contributed by atoms with Crippen molar-refractivity contribution in [3.05, 3.63) is 35.4 Å². The van der Waals surface area contributed by atoms with Crippen LogP contribution >= 0.6 is 11.8 Å². The molecule has 2 heterocycles. The van der Waals surface area contributed by atoms with Gasteiger partial charge in [-0.15, -0.1) is 5.10 Å². The maximum absolute atomic E-state index is 13.7. The van der Waals surface area contributed by atoms with Gasteiger partial charge in [-0.25, -0.2) is 28.2 Å². The van der Waals surface area contributed by atoms with Crippen molar-refractivity contribution < 1.29 is 23.0 Å². The number of aromatic nitrogens is 5. The van der Waals surface area contributed by atoms with Crippen molar-refractivity contribution in [3.8, 4) is 0 Å². The summed E-state index contributed by atoms with van der Waals surface area (Å²) in [6.45, 7) is 2.03. The minimum Gasteiger partial charge on any atom is -0.467 e. The van der Waals surface area contributed by atoms with Crippen LogP contribution in [0.3, 0.4) is 0 Å². The molecule has 9 nitrogen and oxygen atoms in total. The molecule has 2 fully saturated rings. The van der Waals surface area contributed by atoms with Crippen LogP contribution in [-0.4, -0.2) is 62.5 Å². The largest absolute Gasteiger partial charge is 0.467 e. The van der Waals surface area contributed by atoms with Gasteiger partial charge in [0.1, 0.15) is 6.61 Å². The monoisotopic (exact) mass is 518 g/mol. The number of halogens is 2. The second-order valence-corrected chi connectivity index (χ2v) is 10.2. The molecular weight excluding hydrogens is 490 g/mol. The van der Waals surface area contributed by atoms with Crippen LogP contribution in [0, 0.1) is 11.6 Å². The van der Waals surface area contributed by atoms with Gasteiger partial charge >= 0.3 is 5.97 Å². The molecule has 1 N–H and O–H groups in total. The predicted molar refractivity (Wildman–Crippen MR) is 130 cm³/mol. The summed E-state index contributed by atoms with van der Waals surface area (Å²) in [6.07, 6.45) is 4.02. The first-order valence-electron chi connectivity index (χ1n) is 12.1. The van der Waals surface area contributed by atoms with Crippen LogP contribution in [-0.2, 0) is 14.3 Å². The zero-order chi connectivity index (χ0) is 25.2. The summed E-state index contributed by atoms with van der Waals surface area (Å²) in [5.41, 5.74) is 1.98. The van der Waals surface area contributed by atoms with Crippen molar-refractivity contribution in [1.29, 1.82) is 0 Å². The van der Waals surface area contributed by atoms with Crippen LogP contribution in [0.15, 0.2) is 23.4 Å². The molecular formula is C24H28F2N6O3S. The van der Waals surface area contributed by atoms with Gasteiger partial charge in [-0.05, 0) is 49.8 Å². The van der Waals surface area contributed by atoms with Crippen LogP contribution in [0.5, 0.6) is 0 Å². The van der Waals surface area contributed by atoms with E-state index in [1.54, 1.807) is 17.8 Å². The van der Waals surface area contributed by atoms with Crippen LogP contribution in [0.2, 0.25) is 0 Å². The summed E-state index contributed by atoms with van der Waals surface area (Å²) < 4.78 is 39.2. The number of carbonyl (C=O) groups is 1. The van der Waals surface area contributed by atoms with Crippen molar-refractivity contribution in [2.75, 3.05) is 24.8 Å². The number of ether oxygens (including phenoxy) is 2. The lowest BCUT2D eigenvalue weighted by Crippen LogP contribution is -2.18. The molecule has 1 aromatic carbocycles. The normalized spacial score (nSPS) is 23.2. The number of hydrogen-bond donors (Lipinski definition) is 1. The maximum atomic E-state index is 13.7. The van der Waals surface area contributed by atoms with Gasteiger partial charge in [0.15, 0.2) is 33.8 Å². The second-order valence-electron chi connectivity index (χ2n) is 9.15. The first-order chi connectivity index (χ1) is 17.5. The Morgan fingerprint density at radius 3 is 2.86 bits per heavy atom. The van der Waals surface area contributed by atoms with E-state index in [-0.39, 0.29) is 30.7 Å². The second kappa shape index (κ2) is 10.6. The highest BCUT2D eigenvalue weighted by atomic mass is 32.2. The number of esters is 1. The molecule has 0 radical (unpaired) electrons. The van der Waals surface area contributed by atoms with Gasteiger partial charge in [-0.2, -0.15) is 0 Å². The molecule has 3 unspecified atom stereocenters. The van der Waals surface area contributed by atoms with E-state index in [1.165, 1.54) is 13.2 Å². The Morgan fingerprint density at radius 2 is 2.08 bits per heavy atom. The molecule has 2 aliphatic rings. The SMILES string of the molecule is CCCSc1nc(N[C@@H]2CC2c2ccc(F)c(F)c2)c2nnn(C3CCC(OCC(=O)OC)C3)c2n1. The quantitative estimate of drug-likeness (QED) is 0.240. The summed E-state index contributed by atoms with van der Waals surface area (Å²) in [4.78, 5) is 20.9. The number of carbonyl (C=O) groups excluding carboxylic acids is 1. The molecule has 5 rings (SSSR count). The molecule has 0 bridgehead atoms. The predicted octanol–water partition coefficient (Wildman–Crippen LogP) is 4.25. The number of thioether (sulfide) groups is 1. The summed E-state index contributed by atoms with van der Waals surface area (Å²) in [7, 11) is 1.34. The zero-order valence-corrected chi connectivity index (χ0v) is 20.9. The van der Waals surface area contributed by atoms with Gasteiger partial charge in [-0.1, -0.05) is 30.0 Å². The molecule has 0 amide bonds. The Morgan fingerprint density at radius 1 is 1.22 bits per heavy atom. The smallest absolute Gasteiger partial charge is 0.331 e. The fourth-order valence-corrected chi connectivity index (χ4v) is 5.29. The summed E-state index contributed by atoms with van der Waals surface area (Å²) in [5, 5.41) is 12.9. The fraction of sp³-hybridized carbons (Fsp3) is 0.542. The molecule has 3 aromatic rings. The van der Waals surface area contributed by atoms with E-state index in [9.17, 15) is 13.6 Å². The van der Waals surface area contributed by atoms with E-state index in [0.717, 1.165) is 43.1 Å². The molecule has 36 heavy (non-hydrogen) atoms. The minimum absolute atomic E-state index is 0.0321. The third kappa shape index (κ3) is 5.29. The Kier molecular flexibility index (Phi) is 7.33. The van der Waals surface area contributed by atoms with Gasteiger partial charge in [0.2, 0.25) is 0 Å². The lowest BCUT2D eigenvalue weighted by molar-refractivity contribution is -0.147. The van der Waals surface area contributed by atoms with Gasteiger partial charge in [0.25, 0.3) is 0 Å². The van der Waals surface area contributed by atoms with E-state index in [2.05, 4.69) is 27.3 Å². The van der Waals surface area contributed by atoms with Crippen molar-refractivity contribution >= 4 is 34.7 Å². The highest BCUT2D eigenvalue weighted by Crippen LogP contribution is 2.44. The van der Waals surface area contributed by atoms with Gasteiger partial charge in [-0.3, -0.25) is 0 Å². The van der Waals surface area contributed by atoms with E-state index < -0.39 is 17.6 Å². The molecule has 12 heteroatoms. The number of benzene rings is 1. The third-order valence-electron chi connectivity index (χ3n) is 6.59. The van der Waals surface area contributed by atoms with Crippen molar-refractivity contribution in [2.45, 2.75) is 68.3 Å². The molecule has 0 saturated heterocycles. The first-order valence-corrected chi connectivity index (χ1v) is 13.1. The van der Waals surface area contributed by atoms with Gasteiger partial charge in [0, 0.05) is 17.7 Å². The Labute approximate surface area is 211 Å². The summed E-state index contributed by atoms with van der Waals surface area (Å²) >= 11 is 1.57. The Bertz CT molecular complexity index is 1260. The van der Waals surface area contributed by atoms with Crippen molar-refractivity contribution in [3.63, 3.8) is 0 Å². The Hall–Kier alpha value is -2.86. The molecule has 192 valence electrons. The van der Waals surface area contributed by atoms with Gasteiger partial charge < -0.3 is 14.8 Å². The van der Waals surface area contributed by atoms with Gasteiger partial charge in [0.05, 0.1) is 19.3 Å². The number of rotatable bonds is 10. The number of nitrogens with zero attached hydrogens (tertiary/aromatic N) is 5. The topological polar surface area (TPSA) is 104 Å². The Balaban J connectivity index is 1.35. The first kappa shape index (κ1) is 24.8. The van der Waals surface area contributed by atoms with Crippen LogP contribution in [0.1, 0.15) is 56.6 Å². The van der Waals surface area contributed by atoms with Crippen molar-refractivity contribution in [1.82, 2.24) is 25.0 Å². The summed E-state index contributed by atoms with van der Waals surface area (Å²) in [6, 6.07) is 4.12. The maximum Gasteiger partial charge on any atom is 0.331 e. The number of anilines is 1. The molecule has 2 aliphatic carbocycles. The van der Waals surface area contributed by atoms with E-state index >= 15 is 0 Å². The number of methoxy groups -OCH3 is 1. The fourth-order valence-electron chi connectivity index (χ4n) is 4.59. The third-order valence-corrected chi connectivity index (χ3v) is 7.64. The summed E-state index contributed by atoms with van der Waals surface area (Å²) in [5.74, 6) is -0.548. The lowest BCUT2D eigenvalue weighted by Gasteiger charge is -2.13.